The van der Waals surface area contributed by atoms with Gasteiger partial charge in [0.05, 0.1) is 31.9 Å². The van der Waals surface area contributed by atoms with Crippen molar-refractivity contribution in [2.75, 3.05) is 12.8 Å². The minimum atomic E-state index is -3.28. The van der Waals surface area contributed by atoms with Crippen LogP contribution in [0.3, 0.4) is 0 Å². The van der Waals surface area contributed by atoms with Crippen molar-refractivity contribution in [2.24, 2.45) is 0 Å². The van der Waals surface area contributed by atoms with E-state index in [1.807, 2.05) is 41.1 Å². The first kappa shape index (κ1) is 26.2. The van der Waals surface area contributed by atoms with Crippen LogP contribution in [0.5, 0.6) is 0 Å². The number of halogens is 1. The van der Waals surface area contributed by atoms with E-state index in [0.717, 1.165) is 45.5 Å². The molecule has 0 spiro atoms. The van der Waals surface area contributed by atoms with Crippen molar-refractivity contribution in [3.8, 4) is 26.7 Å². The molecule has 1 aliphatic rings. The molecule has 1 saturated carbocycles. The highest BCUT2D eigenvalue weighted by Crippen LogP contribution is 2.37. The number of nitrogens with zero attached hydrogens (tertiary/aromatic N) is 3. The Balaban J connectivity index is 1.53. The Hall–Kier alpha value is -2.45. The summed E-state index contributed by atoms with van der Waals surface area (Å²) in [7, 11) is -3.28. The first-order valence-electron chi connectivity index (χ1n) is 12.8. The number of sulfone groups is 1. The van der Waals surface area contributed by atoms with Gasteiger partial charge in [-0.05, 0) is 67.4 Å². The summed E-state index contributed by atoms with van der Waals surface area (Å²) in [6.07, 6.45) is 7.70. The standard InChI is InChI=1S/C29H32ClN3O2S2/c1-3-32(23-11-5-4-6-12-23)20-22-19-27(33(31-22)26-15-8-7-14-25(26)30)29-17-16-28(36-29)21-10-9-13-24(18-21)37(2,34)35/h7-10,13-19,23H,3-6,11-12,20H2,1-2H3. The van der Waals surface area contributed by atoms with Crippen LogP contribution in [0.2, 0.25) is 5.02 Å². The summed E-state index contributed by atoms with van der Waals surface area (Å²) in [6.45, 7) is 4.04. The van der Waals surface area contributed by atoms with Crippen LogP contribution in [0.1, 0.15) is 44.7 Å². The maximum Gasteiger partial charge on any atom is 0.175 e. The fourth-order valence-electron chi connectivity index (χ4n) is 5.15. The van der Waals surface area contributed by atoms with Crippen LogP contribution in [0.15, 0.2) is 71.6 Å². The summed E-state index contributed by atoms with van der Waals surface area (Å²) in [6, 6.07) is 21.8. The maximum absolute atomic E-state index is 12.1. The summed E-state index contributed by atoms with van der Waals surface area (Å²) in [5, 5.41) is 5.70. The molecule has 194 valence electrons. The number of hydrogen-bond acceptors (Lipinski definition) is 5. The Labute approximate surface area is 228 Å². The molecule has 5 nitrogen and oxygen atoms in total. The van der Waals surface area contributed by atoms with Gasteiger partial charge in [-0.2, -0.15) is 5.10 Å². The van der Waals surface area contributed by atoms with Gasteiger partial charge in [0.25, 0.3) is 0 Å². The molecule has 1 fully saturated rings. The van der Waals surface area contributed by atoms with E-state index in [4.69, 9.17) is 16.7 Å². The van der Waals surface area contributed by atoms with Crippen molar-refractivity contribution in [1.82, 2.24) is 14.7 Å². The third-order valence-electron chi connectivity index (χ3n) is 7.11. The largest absolute Gasteiger partial charge is 0.295 e. The van der Waals surface area contributed by atoms with Gasteiger partial charge in [-0.3, -0.25) is 4.90 Å². The molecular weight excluding hydrogens is 522 g/mol. The molecule has 37 heavy (non-hydrogen) atoms. The van der Waals surface area contributed by atoms with Crippen molar-refractivity contribution in [1.29, 1.82) is 0 Å². The minimum Gasteiger partial charge on any atom is -0.295 e. The van der Waals surface area contributed by atoms with Gasteiger partial charge in [0.1, 0.15) is 0 Å². The van der Waals surface area contributed by atoms with Crippen molar-refractivity contribution < 1.29 is 8.42 Å². The third-order valence-corrected chi connectivity index (χ3v) is 9.69. The van der Waals surface area contributed by atoms with Crippen LogP contribution in [0, 0.1) is 0 Å². The topological polar surface area (TPSA) is 55.2 Å². The van der Waals surface area contributed by atoms with Crippen molar-refractivity contribution in [2.45, 2.75) is 56.5 Å². The minimum absolute atomic E-state index is 0.325. The van der Waals surface area contributed by atoms with Crippen molar-refractivity contribution in [3.05, 3.63) is 77.4 Å². The van der Waals surface area contributed by atoms with Gasteiger partial charge in [-0.25, -0.2) is 13.1 Å². The van der Waals surface area contributed by atoms with Crippen LogP contribution < -0.4 is 0 Å². The molecule has 0 N–H and O–H groups in total. The Morgan fingerprint density at radius 2 is 1.76 bits per heavy atom. The fourth-order valence-corrected chi connectivity index (χ4v) is 7.04. The van der Waals surface area contributed by atoms with Gasteiger partial charge in [0.15, 0.2) is 9.84 Å². The first-order valence-corrected chi connectivity index (χ1v) is 15.9. The molecule has 4 aromatic rings. The summed E-state index contributed by atoms with van der Waals surface area (Å²) in [5.41, 5.74) is 3.74. The van der Waals surface area contributed by atoms with Gasteiger partial charge in [-0.1, -0.05) is 62.1 Å². The second kappa shape index (κ2) is 11.1. The SMILES string of the molecule is CCN(Cc1cc(-c2ccc(-c3cccc(S(C)(=O)=O)c3)s2)n(-c2ccccc2Cl)n1)C1CCCCC1. The number of aromatic nitrogens is 2. The average Bonchev–Trinajstić information content (AvgIpc) is 3.55. The highest BCUT2D eigenvalue weighted by atomic mass is 35.5. The third kappa shape index (κ3) is 5.85. The predicted octanol–water partition coefficient (Wildman–Crippen LogP) is 7.48. The van der Waals surface area contributed by atoms with E-state index in [1.54, 1.807) is 29.5 Å². The molecule has 5 rings (SSSR count). The Kier molecular flexibility index (Phi) is 7.86. The zero-order chi connectivity index (χ0) is 26.0. The number of benzene rings is 2. The number of para-hydroxylation sites is 1. The van der Waals surface area contributed by atoms with Gasteiger partial charge in [0.2, 0.25) is 0 Å². The van der Waals surface area contributed by atoms with Gasteiger partial charge in [-0.15, -0.1) is 11.3 Å². The molecule has 8 heteroatoms. The van der Waals surface area contributed by atoms with Crippen LogP contribution in [-0.2, 0) is 16.4 Å². The highest BCUT2D eigenvalue weighted by Gasteiger charge is 2.23. The number of rotatable bonds is 8. The van der Waals surface area contributed by atoms with E-state index in [1.165, 1.54) is 38.4 Å². The van der Waals surface area contributed by atoms with E-state index in [0.29, 0.717) is 16.0 Å². The molecule has 0 unspecified atom stereocenters. The van der Waals surface area contributed by atoms with E-state index in [9.17, 15) is 8.42 Å². The predicted molar refractivity (Wildman–Crippen MR) is 153 cm³/mol. The maximum atomic E-state index is 12.1. The lowest BCUT2D eigenvalue weighted by atomic mass is 9.94. The summed E-state index contributed by atoms with van der Waals surface area (Å²) in [5.74, 6) is 0. The highest BCUT2D eigenvalue weighted by molar-refractivity contribution is 7.90. The fraction of sp³-hybridized carbons (Fsp3) is 0.345. The summed E-state index contributed by atoms with van der Waals surface area (Å²) >= 11 is 8.25. The average molecular weight is 554 g/mol. The quantitative estimate of drug-likeness (QED) is 0.227. The lowest BCUT2D eigenvalue weighted by Gasteiger charge is -2.32. The zero-order valence-corrected chi connectivity index (χ0v) is 23.6. The number of thiophene rings is 1. The molecule has 0 radical (unpaired) electrons. The van der Waals surface area contributed by atoms with Crippen LogP contribution >= 0.6 is 22.9 Å². The lowest BCUT2D eigenvalue weighted by molar-refractivity contribution is 0.154. The van der Waals surface area contributed by atoms with Crippen molar-refractivity contribution in [3.63, 3.8) is 0 Å². The summed E-state index contributed by atoms with van der Waals surface area (Å²) < 4.78 is 26.1. The molecule has 0 atom stereocenters. The first-order chi connectivity index (χ1) is 17.8. The van der Waals surface area contributed by atoms with Crippen LogP contribution in [-0.4, -0.2) is 41.9 Å². The molecule has 1 aliphatic carbocycles. The van der Waals surface area contributed by atoms with Crippen LogP contribution in [0.4, 0.5) is 0 Å². The smallest absolute Gasteiger partial charge is 0.175 e. The Bertz CT molecular complexity index is 1490. The molecule has 2 aromatic carbocycles. The van der Waals surface area contributed by atoms with Gasteiger partial charge in [0, 0.05) is 23.7 Å². The molecule has 0 saturated heterocycles. The molecule has 2 heterocycles. The zero-order valence-electron chi connectivity index (χ0n) is 21.2. The Morgan fingerprint density at radius 3 is 2.49 bits per heavy atom. The monoisotopic (exact) mass is 553 g/mol. The van der Waals surface area contributed by atoms with E-state index in [-0.39, 0.29) is 0 Å². The second-order valence-corrected chi connectivity index (χ2v) is 13.2. The number of hydrogen-bond donors (Lipinski definition) is 0. The molecule has 0 amide bonds. The lowest BCUT2D eigenvalue weighted by Crippen LogP contribution is -2.36. The van der Waals surface area contributed by atoms with Gasteiger partial charge >= 0.3 is 0 Å². The normalized spacial score (nSPS) is 14.9. The molecule has 2 aromatic heterocycles. The van der Waals surface area contributed by atoms with E-state index >= 15 is 0 Å². The molecular formula is C29H32ClN3O2S2. The molecule has 0 aliphatic heterocycles. The Morgan fingerprint density at radius 1 is 1.00 bits per heavy atom. The van der Waals surface area contributed by atoms with Crippen LogP contribution in [0.25, 0.3) is 26.7 Å². The van der Waals surface area contributed by atoms with E-state index < -0.39 is 9.84 Å². The second-order valence-electron chi connectivity index (χ2n) is 9.70. The van der Waals surface area contributed by atoms with Gasteiger partial charge < -0.3 is 0 Å². The van der Waals surface area contributed by atoms with E-state index in [2.05, 4.69) is 24.0 Å². The summed E-state index contributed by atoms with van der Waals surface area (Å²) in [4.78, 5) is 4.94. The molecule has 0 bridgehead atoms. The van der Waals surface area contributed by atoms with Crippen molar-refractivity contribution >= 4 is 32.8 Å².